The summed E-state index contributed by atoms with van der Waals surface area (Å²) in [4.78, 5) is 34.1. The van der Waals surface area contributed by atoms with E-state index in [1.807, 2.05) is 0 Å². The maximum atomic E-state index is 11.7. The summed E-state index contributed by atoms with van der Waals surface area (Å²) in [6, 6.07) is 0. The van der Waals surface area contributed by atoms with Crippen molar-refractivity contribution in [3.63, 3.8) is 0 Å². The van der Waals surface area contributed by atoms with Crippen LogP contribution in [0.15, 0.2) is 0 Å². The van der Waals surface area contributed by atoms with Crippen LogP contribution in [0.1, 0.15) is 20.3 Å². The largest absolute Gasteiger partial charge is 0.465 e. The van der Waals surface area contributed by atoms with Crippen molar-refractivity contribution in [2.24, 2.45) is 23.7 Å². The minimum Gasteiger partial charge on any atom is -0.465 e. The summed E-state index contributed by atoms with van der Waals surface area (Å²) >= 11 is 0. The van der Waals surface area contributed by atoms with Crippen molar-refractivity contribution >= 4 is 17.9 Å². The highest BCUT2D eigenvalue weighted by Gasteiger charge is 2.66. The second-order valence-electron chi connectivity index (χ2n) is 5.52. The van der Waals surface area contributed by atoms with Crippen LogP contribution in [0.25, 0.3) is 0 Å². The standard InChI is InChI=1S/C13H16O6/c1-5(14)18-9-3-7-10-8(4-17-13(10)16)11(9)12(7)19-6(2)15/h7-12H,3-4H2,1-2H3/t7-,8-,9-,10-,11+,12-/m1/s1. The quantitative estimate of drug-likeness (QED) is 0.529. The normalized spacial score (nSPS) is 42.7. The fourth-order valence-corrected chi connectivity index (χ4v) is 4.02. The van der Waals surface area contributed by atoms with Gasteiger partial charge in [0.25, 0.3) is 0 Å². The molecule has 0 amide bonds. The Morgan fingerprint density at radius 2 is 1.84 bits per heavy atom. The van der Waals surface area contributed by atoms with Gasteiger partial charge < -0.3 is 14.2 Å². The number of esters is 3. The van der Waals surface area contributed by atoms with Crippen LogP contribution in [-0.4, -0.2) is 36.7 Å². The summed E-state index contributed by atoms with van der Waals surface area (Å²) in [7, 11) is 0. The Hall–Kier alpha value is -1.59. The van der Waals surface area contributed by atoms with Crippen molar-refractivity contribution in [3.05, 3.63) is 0 Å². The van der Waals surface area contributed by atoms with E-state index in [2.05, 4.69) is 0 Å². The van der Waals surface area contributed by atoms with Gasteiger partial charge in [-0.1, -0.05) is 0 Å². The van der Waals surface area contributed by atoms with E-state index in [9.17, 15) is 14.4 Å². The molecule has 6 atom stereocenters. The van der Waals surface area contributed by atoms with Gasteiger partial charge in [-0.2, -0.15) is 0 Å². The topological polar surface area (TPSA) is 78.9 Å². The third-order valence-corrected chi connectivity index (χ3v) is 4.46. The number of hydrogen-bond donors (Lipinski definition) is 0. The average molecular weight is 268 g/mol. The first kappa shape index (κ1) is 12.4. The summed E-state index contributed by atoms with van der Waals surface area (Å²) in [5.74, 6) is -1.33. The molecule has 1 aliphatic heterocycles. The number of ether oxygens (including phenoxy) is 3. The highest BCUT2D eigenvalue weighted by molar-refractivity contribution is 5.77. The lowest BCUT2D eigenvalue weighted by atomic mass is 9.80. The summed E-state index contributed by atoms with van der Waals surface area (Å²) in [6.07, 6.45) is -0.0364. The zero-order valence-electron chi connectivity index (χ0n) is 10.8. The average Bonchev–Trinajstić information content (AvgIpc) is 2.89. The molecule has 0 aromatic heterocycles. The van der Waals surface area contributed by atoms with E-state index in [0.29, 0.717) is 13.0 Å². The van der Waals surface area contributed by atoms with E-state index in [4.69, 9.17) is 14.2 Å². The second kappa shape index (κ2) is 4.21. The van der Waals surface area contributed by atoms with E-state index in [0.717, 1.165) is 0 Å². The molecule has 19 heavy (non-hydrogen) atoms. The summed E-state index contributed by atoms with van der Waals surface area (Å²) in [5.41, 5.74) is 0. The molecule has 2 saturated carbocycles. The Bertz CT molecular complexity index is 444. The lowest BCUT2D eigenvalue weighted by molar-refractivity contribution is -0.155. The van der Waals surface area contributed by atoms with Crippen LogP contribution in [-0.2, 0) is 28.6 Å². The first-order chi connectivity index (χ1) is 8.99. The van der Waals surface area contributed by atoms with Crippen molar-refractivity contribution in [2.45, 2.75) is 32.5 Å². The Balaban J connectivity index is 1.85. The van der Waals surface area contributed by atoms with E-state index >= 15 is 0 Å². The van der Waals surface area contributed by atoms with Crippen molar-refractivity contribution in [3.8, 4) is 0 Å². The number of carbonyl (C=O) groups is 3. The molecule has 1 heterocycles. The van der Waals surface area contributed by atoms with E-state index in [-0.39, 0.29) is 53.8 Å². The van der Waals surface area contributed by atoms with Gasteiger partial charge in [-0.15, -0.1) is 0 Å². The van der Waals surface area contributed by atoms with Crippen molar-refractivity contribution < 1.29 is 28.6 Å². The molecule has 0 radical (unpaired) electrons. The van der Waals surface area contributed by atoms with E-state index in [1.54, 1.807) is 0 Å². The highest BCUT2D eigenvalue weighted by atomic mass is 16.6. The molecular weight excluding hydrogens is 252 g/mol. The predicted octanol–water partition coefficient (Wildman–Crippen LogP) is 0.289. The molecule has 0 N–H and O–H groups in total. The number of carbonyl (C=O) groups excluding carboxylic acids is 3. The maximum absolute atomic E-state index is 11.7. The zero-order chi connectivity index (χ0) is 13.7. The van der Waals surface area contributed by atoms with Gasteiger partial charge in [0, 0.05) is 31.6 Å². The van der Waals surface area contributed by atoms with Gasteiger partial charge in [-0.05, 0) is 6.42 Å². The van der Waals surface area contributed by atoms with Crippen molar-refractivity contribution in [1.29, 1.82) is 0 Å². The lowest BCUT2D eigenvalue weighted by Crippen LogP contribution is -2.35. The van der Waals surface area contributed by atoms with Crippen LogP contribution < -0.4 is 0 Å². The van der Waals surface area contributed by atoms with Gasteiger partial charge >= 0.3 is 17.9 Å². The van der Waals surface area contributed by atoms with Crippen LogP contribution in [0, 0.1) is 23.7 Å². The van der Waals surface area contributed by atoms with Crippen molar-refractivity contribution in [1.82, 2.24) is 0 Å². The molecule has 0 aromatic carbocycles. The fraction of sp³-hybridized carbons (Fsp3) is 0.769. The Kier molecular flexibility index (Phi) is 2.76. The molecule has 0 aromatic rings. The smallest absolute Gasteiger partial charge is 0.309 e. The SMILES string of the molecule is CC(=O)O[C@@H]1[C@@H]2C[C@@H](OC(C)=O)[C@@H]1[C@@H]1COC(=O)[C@@H]12. The lowest BCUT2D eigenvalue weighted by Gasteiger charge is -2.27. The van der Waals surface area contributed by atoms with Crippen LogP contribution >= 0.6 is 0 Å². The minimum atomic E-state index is -0.364. The van der Waals surface area contributed by atoms with Gasteiger partial charge in [0.1, 0.15) is 12.2 Å². The van der Waals surface area contributed by atoms with E-state index in [1.165, 1.54) is 13.8 Å². The monoisotopic (exact) mass is 268 g/mol. The van der Waals surface area contributed by atoms with Crippen LogP contribution in [0.2, 0.25) is 0 Å². The molecule has 0 unspecified atom stereocenters. The van der Waals surface area contributed by atoms with Crippen molar-refractivity contribution in [2.75, 3.05) is 6.61 Å². The number of fused-ring (bicyclic) bond motifs is 5. The molecule has 2 bridgehead atoms. The molecule has 3 aliphatic rings. The van der Waals surface area contributed by atoms with Crippen LogP contribution in [0.3, 0.4) is 0 Å². The Labute approximate surface area is 110 Å². The number of rotatable bonds is 2. The predicted molar refractivity (Wildman–Crippen MR) is 60.6 cm³/mol. The molecule has 3 rings (SSSR count). The van der Waals surface area contributed by atoms with Gasteiger partial charge in [-0.25, -0.2) is 0 Å². The first-order valence-corrected chi connectivity index (χ1v) is 6.50. The zero-order valence-corrected chi connectivity index (χ0v) is 10.8. The minimum absolute atomic E-state index is 0.0000463. The number of hydrogen-bond acceptors (Lipinski definition) is 6. The van der Waals surface area contributed by atoms with Gasteiger partial charge in [0.05, 0.1) is 12.5 Å². The van der Waals surface area contributed by atoms with E-state index < -0.39 is 0 Å². The second-order valence-corrected chi connectivity index (χ2v) is 5.52. The third kappa shape index (κ3) is 1.81. The molecule has 104 valence electrons. The molecule has 6 heteroatoms. The first-order valence-electron chi connectivity index (χ1n) is 6.50. The van der Waals surface area contributed by atoms with Crippen LogP contribution in [0.5, 0.6) is 0 Å². The Morgan fingerprint density at radius 1 is 1.16 bits per heavy atom. The summed E-state index contributed by atoms with van der Waals surface area (Å²) in [5, 5.41) is 0. The maximum Gasteiger partial charge on any atom is 0.309 e. The highest BCUT2D eigenvalue weighted by Crippen LogP contribution is 2.57. The molecule has 2 aliphatic carbocycles. The summed E-state index contributed by atoms with van der Waals surface area (Å²) in [6.45, 7) is 3.05. The molecule has 6 nitrogen and oxygen atoms in total. The van der Waals surface area contributed by atoms with Crippen LogP contribution in [0.4, 0.5) is 0 Å². The third-order valence-electron chi connectivity index (χ3n) is 4.46. The molecular formula is C13H16O6. The number of cyclic esters (lactones) is 1. The molecule has 3 fully saturated rings. The Morgan fingerprint density at radius 3 is 2.47 bits per heavy atom. The fourth-order valence-electron chi connectivity index (χ4n) is 4.02. The van der Waals surface area contributed by atoms with Gasteiger partial charge in [0.15, 0.2) is 0 Å². The van der Waals surface area contributed by atoms with Gasteiger partial charge in [-0.3, -0.25) is 14.4 Å². The summed E-state index contributed by atoms with van der Waals surface area (Å²) < 4.78 is 15.7. The molecule has 1 saturated heterocycles. The van der Waals surface area contributed by atoms with Gasteiger partial charge in [0.2, 0.25) is 0 Å². The molecule has 0 spiro atoms.